The summed E-state index contributed by atoms with van der Waals surface area (Å²) in [5.41, 5.74) is 1.18. The van der Waals surface area contributed by atoms with E-state index in [-0.39, 0.29) is 21.4 Å². The zero-order valence-electron chi connectivity index (χ0n) is 16.7. The van der Waals surface area contributed by atoms with Crippen LogP contribution < -0.4 is 10.6 Å². The Kier molecular flexibility index (Phi) is 7.80. The SMILES string of the molecule is COC(=O)[C@@H]1C(=O)NC(SCC(=O)Nc2ccc(Cl)cc2Cl)=C(C#N)[C@H]1c1ccccc1. The third-order valence-corrected chi connectivity index (χ3v) is 6.26. The van der Waals surface area contributed by atoms with Crippen molar-refractivity contribution in [1.29, 1.82) is 5.26 Å². The fraction of sp³-hybridized carbons (Fsp3) is 0.182. The molecule has 3 rings (SSSR count). The minimum atomic E-state index is -1.22. The number of rotatable bonds is 6. The number of halogens is 2. The van der Waals surface area contributed by atoms with E-state index >= 15 is 0 Å². The molecule has 0 unspecified atom stereocenters. The van der Waals surface area contributed by atoms with Gasteiger partial charge in [-0.25, -0.2) is 0 Å². The number of anilines is 1. The minimum Gasteiger partial charge on any atom is -0.468 e. The third-order valence-electron chi connectivity index (χ3n) is 4.70. The van der Waals surface area contributed by atoms with Crippen molar-refractivity contribution < 1.29 is 19.1 Å². The molecule has 0 saturated heterocycles. The van der Waals surface area contributed by atoms with Crippen molar-refractivity contribution in [2.24, 2.45) is 5.92 Å². The summed E-state index contributed by atoms with van der Waals surface area (Å²) in [5, 5.41) is 16.0. The van der Waals surface area contributed by atoms with Crippen molar-refractivity contribution in [3.05, 3.63) is 74.7 Å². The standard InChI is InChI=1S/C22H17Cl2N3O4S/c1-31-22(30)19-18(12-5-3-2-4-6-12)14(10-25)21(27-20(19)29)32-11-17(28)26-16-8-7-13(23)9-15(16)24/h2-9,18-19H,11H2,1H3,(H,26,28)(H,27,29)/t18-,19+/m1/s1. The van der Waals surface area contributed by atoms with Crippen molar-refractivity contribution in [2.75, 3.05) is 18.2 Å². The van der Waals surface area contributed by atoms with E-state index in [1.807, 2.05) is 0 Å². The first-order valence-corrected chi connectivity index (χ1v) is 11.1. The number of carbonyl (C=O) groups excluding carboxylic acids is 3. The second-order valence-electron chi connectivity index (χ2n) is 6.69. The Balaban J connectivity index is 1.86. The second-order valence-corrected chi connectivity index (χ2v) is 8.52. The number of nitrogens with zero attached hydrogens (tertiary/aromatic N) is 1. The molecule has 1 aliphatic rings. The molecule has 1 heterocycles. The zero-order valence-corrected chi connectivity index (χ0v) is 19.1. The Hall–Kier alpha value is -2.99. The molecule has 164 valence electrons. The van der Waals surface area contributed by atoms with Crippen LogP contribution in [0.4, 0.5) is 5.69 Å². The van der Waals surface area contributed by atoms with Crippen LogP contribution in [0.15, 0.2) is 59.1 Å². The summed E-state index contributed by atoms with van der Waals surface area (Å²) in [5.74, 6) is -3.91. The Labute approximate surface area is 198 Å². The second kappa shape index (κ2) is 10.6. The molecular formula is C22H17Cl2N3O4S. The van der Waals surface area contributed by atoms with Crippen molar-refractivity contribution in [3.63, 3.8) is 0 Å². The molecule has 0 aromatic heterocycles. The van der Waals surface area contributed by atoms with Gasteiger partial charge in [-0.3, -0.25) is 14.4 Å². The molecule has 1 aliphatic heterocycles. The maximum Gasteiger partial charge on any atom is 0.319 e. The molecule has 0 spiro atoms. The van der Waals surface area contributed by atoms with Gasteiger partial charge in [0, 0.05) is 10.9 Å². The molecule has 2 amide bonds. The predicted molar refractivity (Wildman–Crippen MR) is 123 cm³/mol. The van der Waals surface area contributed by atoms with Crippen LogP contribution in [0.3, 0.4) is 0 Å². The highest BCUT2D eigenvalue weighted by Crippen LogP contribution is 2.40. The number of nitriles is 1. The number of methoxy groups -OCH3 is 1. The van der Waals surface area contributed by atoms with Crippen LogP contribution in [0.1, 0.15) is 11.5 Å². The van der Waals surface area contributed by atoms with Crippen LogP contribution >= 0.6 is 35.0 Å². The number of esters is 1. The van der Waals surface area contributed by atoms with Crippen molar-refractivity contribution in [2.45, 2.75) is 5.92 Å². The van der Waals surface area contributed by atoms with E-state index in [0.717, 1.165) is 11.8 Å². The van der Waals surface area contributed by atoms with E-state index in [0.29, 0.717) is 16.3 Å². The molecule has 32 heavy (non-hydrogen) atoms. The van der Waals surface area contributed by atoms with Crippen LogP contribution in [-0.2, 0) is 19.1 Å². The highest BCUT2D eigenvalue weighted by atomic mass is 35.5. The topological polar surface area (TPSA) is 108 Å². The average molecular weight is 490 g/mol. The average Bonchev–Trinajstić information content (AvgIpc) is 2.79. The monoisotopic (exact) mass is 489 g/mol. The first kappa shape index (κ1) is 23.7. The Morgan fingerprint density at radius 1 is 1.22 bits per heavy atom. The van der Waals surface area contributed by atoms with E-state index in [1.54, 1.807) is 42.5 Å². The summed E-state index contributed by atoms with van der Waals surface area (Å²) in [6, 6.07) is 15.5. The number of thioether (sulfide) groups is 1. The summed E-state index contributed by atoms with van der Waals surface area (Å²) in [7, 11) is 1.18. The third kappa shape index (κ3) is 5.25. The Morgan fingerprint density at radius 3 is 2.56 bits per heavy atom. The quantitative estimate of drug-likeness (QED) is 0.466. The summed E-state index contributed by atoms with van der Waals surface area (Å²) in [6.07, 6.45) is 0. The van der Waals surface area contributed by atoms with Crippen LogP contribution in [0, 0.1) is 17.2 Å². The van der Waals surface area contributed by atoms with Crippen LogP contribution in [0.2, 0.25) is 10.0 Å². The van der Waals surface area contributed by atoms with Gasteiger partial charge >= 0.3 is 5.97 Å². The summed E-state index contributed by atoms with van der Waals surface area (Å²) in [4.78, 5) is 37.5. The molecule has 0 aliphatic carbocycles. The van der Waals surface area contributed by atoms with Crippen molar-refractivity contribution in [3.8, 4) is 6.07 Å². The van der Waals surface area contributed by atoms with E-state index in [9.17, 15) is 19.6 Å². The maximum atomic E-state index is 12.8. The van der Waals surface area contributed by atoms with Crippen molar-refractivity contribution in [1.82, 2.24) is 5.32 Å². The first-order valence-electron chi connectivity index (χ1n) is 9.31. The number of benzene rings is 2. The number of allylic oxidation sites excluding steroid dienone is 1. The Bertz CT molecular complexity index is 1130. The molecule has 2 aromatic rings. The van der Waals surface area contributed by atoms with E-state index in [1.165, 1.54) is 13.2 Å². The van der Waals surface area contributed by atoms with E-state index < -0.39 is 29.6 Å². The maximum absolute atomic E-state index is 12.8. The molecule has 0 fully saturated rings. The number of nitrogens with one attached hydrogen (secondary N) is 2. The van der Waals surface area contributed by atoms with Gasteiger partial charge in [-0.1, -0.05) is 65.3 Å². The number of hydrogen-bond acceptors (Lipinski definition) is 6. The van der Waals surface area contributed by atoms with Gasteiger partial charge in [0.25, 0.3) is 0 Å². The smallest absolute Gasteiger partial charge is 0.319 e. The fourth-order valence-electron chi connectivity index (χ4n) is 3.25. The molecule has 7 nitrogen and oxygen atoms in total. The van der Waals surface area contributed by atoms with Crippen LogP contribution in [0.25, 0.3) is 0 Å². The lowest BCUT2D eigenvalue weighted by atomic mass is 9.78. The molecule has 10 heteroatoms. The number of carbonyl (C=O) groups is 3. The summed E-state index contributed by atoms with van der Waals surface area (Å²) >= 11 is 12.9. The van der Waals surface area contributed by atoms with E-state index in [2.05, 4.69) is 16.7 Å². The van der Waals surface area contributed by atoms with Crippen LogP contribution in [-0.4, -0.2) is 30.6 Å². The van der Waals surface area contributed by atoms with Gasteiger partial charge in [0.2, 0.25) is 11.8 Å². The molecule has 0 bridgehead atoms. The van der Waals surface area contributed by atoms with Crippen LogP contribution in [0.5, 0.6) is 0 Å². The number of amides is 2. The van der Waals surface area contributed by atoms with Gasteiger partial charge < -0.3 is 15.4 Å². The molecule has 0 radical (unpaired) electrons. The highest BCUT2D eigenvalue weighted by molar-refractivity contribution is 8.03. The molecule has 2 N–H and O–H groups in total. The fourth-order valence-corrected chi connectivity index (χ4v) is 4.56. The molecule has 0 saturated carbocycles. The molecular weight excluding hydrogens is 473 g/mol. The minimum absolute atomic E-state index is 0.107. The predicted octanol–water partition coefficient (Wildman–Crippen LogP) is 4.10. The Morgan fingerprint density at radius 2 is 1.94 bits per heavy atom. The van der Waals surface area contributed by atoms with Gasteiger partial charge in [-0.05, 0) is 23.8 Å². The zero-order chi connectivity index (χ0) is 23.3. The van der Waals surface area contributed by atoms with Gasteiger partial charge in [0.05, 0.1) is 40.2 Å². The first-order chi connectivity index (χ1) is 15.3. The number of hydrogen-bond donors (Lipinski definition) is 2. The highest BCUT2D eigenvalue weighted by Gasteiger charge is 2.44. The normalized spacial score (nSPS) is 17.9. The summed E-state index contributed by atoms with van der Waals surface area (Å²) in [6.45, 7) is 0. The molecule has 2 atom stereocenters. The summed E-state index contributed by atoms with van der Waals surface area (Å²) < 4.78 is 4.80. The van der Waals surface area contributed by atoms with Gasteiger partial charge in [0.15, 0.2) is 0 Å². The lowest BCUT2D eigenvalue weighted by molar-refractivity contribution is -0.150. The van der Waals surface area contributed by atoms with E-state index in [4.69, 9.17) is 27.9 Å². The van der Waals surface area contributed by atoms with Gasteiger partial charge in [-0.15, -0.1) is 0 Å². The largest absolute Gasteiger partial charge is 0.468 e. The number of ether oxygens (including phenoxy) is 1. The van der Waals surface area contributed by atoms with Gasteiger partial charge in [0.1, 0.15) is 5.92 Å². The van der Waals surface area contributed by atoms with Crippen molar-refractivity contribution >= 4 is 58.4 Å². The molecule has 2 aromatic carbocycles. The lowest BCUT2D eigenvalue weighted by Gasteiger charge is -2.30. The lowest BCUT2D eigenvalue weighted by Crippen LogP contribution is -2.44. The van der Waals surface area contributed by atoms with Gasteiger partial charge in [-0.2, -0.15) is 5.26 Å².